The van der Waals surface area contributed by atoms with Crippen molar-refractivity contribution in [3.05, 3.63) is 41.7 Å². The Balaban J connectivity index is 2.20. The number of hydrogen-bond donors (Lipinski definition) is 1. The number of aliphatic hydroxyl groups is 1. The zero-order valence-corrected chi connectivity index (χ0v) is 10.2. The normalized spacial score (nSPS) is 30.3. The number of para-hydroxylation sites is 1. The van der Waals surface area contributed by atoms with E-state index >= 15 is 0 Å². The van der Waals surface area contributed by atoms with Crippen LogP contribution in [0.1, 0.15) is 25.3 Å². The monoisotopic (exact) mass is 246 g/mol. The minimum Gasteiger partial charge on any atom is -0.515 e. The first-order valence-corrected chi connectivity index (χ1v) is 5.88. The summed E-state index contributed by atoms with van der Waals surface area (Å²) < 4.78 is 11.2. The van der Waals surface area contributed by atoms with E-state index in [-0.39, 0.29) is 5.92 Å². The minimum absolute atomic E-state index is 0.262. The van der Waals surface area contributed by atoms with Gasteiger partial charge < -0.3 is 14.6 Å². The van der Waals surface area contributed by atoms with Gasteiger partial charge in [-0.3, -0.25) is 0 Å². The number of carbonyl (C=O) groups excluding carboxylic acids is 1. The van der Waals surface area contributed by atoms with E-state index < -0.39 is 17.7 Å². The highest BCUT2D eigenvalue weighted by Crippen LogP contribution is 2.49. The molecule has 0 aliphatic carbocycles. The Hall–Kier alpha value is -1.97. The summed E-state index contributed by atoms with van der Waals surface area (Å²) in [5.74, 6) is 0.00438. The quantitative estimate of drug-likeness (QED) is 0.433. The topological polar surface area (TPSA) is 55.8 Å². The maximum atomic E-state index is 11.8. The number of carbonyl (C=O) groups is 1. The first kappa shape index (κ1) is 11.1. The van der Waals surface area contributed by atoms with Gasteiger partial charge in [0.25, 0.3) is 0 Å². The number of fused-ring (bicyclic) bond motifs is 3. The lowest BCUT2D eigenvalue weighted by Gasteiger charge is -2.39. The van der Waals surface area contributed by atoms with E-state index in [1.165, 1.54) is 0 Å². The molecule has 2 unspecified atom stereocenters. The van der Waals surface area contributed by atoms with Crippen LogP contribution in [0.25, 0.3) is 0 Å². The van der Waals surface area contributed by atoms with E-state index in [9.17, 15) is 9.90 Å². The van der Waals surface area contributed by atoms with E-state index in [1.807, 2.05) is 38.1 Å². The molecule has 1 N–H and O–H groups in total. The molecule has 4 nitrogen and oxygen atoms in total. The van der Waals surface area contributed by atoms with Gasteiger partial charge in [0.1, 0.15) is 11.4 Å². The second-order valence-corrected chi connectivity index (χ2v) is 5.13. The van der Waals surface area contributed by atoms with Crippen molar-refractivity contribution in [3.8, 4) is 5.75 Å². The number of rotatable bonds is 0. The summed E-state index contributed by atoms with van der Waals surface area (Å²) in [6.07, 6.45) is 0.448. The molecule has 1 aromatic carbocycles. The number of ether oxygens (including phenoxy) is 2. The van der Waals surface area contributed by atoms with Crippen molar-refractivity contribution >= 4 is 5.97 Å². The molecular weight excluding hydrogens is 232 g/mol. The van der Waals surface area contributed by atoms with Gasteiger partial charge in [0.05, 0.1) is 17.8 Å². The zero-order chi connectivity index (χ0) is 12.9. The van der Waals surface area contributed by atoms with E-state index in [0.717, 1.165) is 17.6 Å². The molecule has 2 aliphatic heterocycles. The number of benzene rings is 1. The summed E-state index contributed by atoms with van der Waals surface area (Å²) >= 11 is 0. The predicted molar refractivity (Wildman–Crippen MR) is 64.5 cm³/mol. The Morgan fingerprint density at radius 1 is 1.33 bits per heavy atom. The third-order valence-corrected chi connectivity index (χ3v) is 3.56. The van der Waals surface area contributed by atoms with Crippen LogP contribution in [0.5, 0.6) is 5.75 Å². The Morgan fingerprint density at radius 3 is 2.78 bits per heavy atom. The van der Waals surface area contributed by atoms with Crippen molar-refractivity contribution in [2.45, 2.75) is 31.5 Å². The number of esters is 1. The van der Waals surface area contributed by atoms with Crippen molar-refractivity contribution in [2.75, 3.05) is 0 Å². The van der Waals surface area contributed by atoms with Crippen molar-refractivity contribution in [2.24, 2.45) is 0 Å². The van der Waals surface area contributed by atoms with Gasteiger partial charge in [-0.25, -0.2) is 4.79 Å². The van der Waals surface area contributed by atoms with Crippen LogP contribution in [0, 0.1) is 0 Å². The summed E-state index contributed by atoms with van der Waals surface area (Å²) in [6, 6.07) is 7.53. The lowest BCUT2D eigenvalue weighted by molar-refractivity contribution is -0.148. The number of aliphatic hydroxyl groups excluding tert-OH is 1. The SMILES string of the molecule is CC1(C)Oc2ccccc2C2C(=CO)C(=O)OC21. The summed E-state index contributed by atoms with van der Waals surface area (Å²) in [4.78, 5) is 11.8. The van der Waals surface area contributed by atoms with Gasteiger partial charge in [0.2, 0.25) is 0 Å². The van der Waals surface area contributed by atoms with Crippen LogP contribution in [0.2, 0.25) is 0 Å². The second kappa shape index (κ2) is 3.51. The van der Waals surface area contributed by atoms with Crippen molar-refractivity contribution in [1.82, 2.24) is 0 Å². The Bertz CT molecular complexity index is 544. The first-order valence-electron chi connectivity index (χ1n) is 5.88. The highest BCUT2D eigenvalue weighted by Gasteiger charge is 2.53. The average Bonchev–Trinajstić information content (AvgIpc) is 2.67. The molecule has 18 heavy (non-hydrogen) atoms. The van der Waals surface area contributed by atoms with Gasteiger partial charge in [0.15, 0.2) is 6.10 Å². The molecule has 1 saturated heterocycles. The molecule has 2 heterocycles. The average molecular weight is 246 g/mol. The Kier molecular flexibility index (Phi) is 2.17. The molecule has 0 spiro atoms. The fourth-order valence-corrected chi connectivity index (χ4v) is 2.72. The van der Waals surface area contributed by atoms with E-state index in [1.54, 1.807) is 0 Å². The van der Waals surface area contributed by atoms with Crippen molar-refractivity contribution in [3.63, 3.8) is 0 Å². The van der Waals surface area contributed by atoms with Gasteiger partial charge in [-0.15, -0.1) is 0 Å². The minimum atomic E-state index is -0.612. The van der Waals surface area contributed by atoms with Gasteiger partial charge in [-0.1, -0.05) is 18.2 Å². The highest BCUT2D eigenvalue weighted by atomic mass is 16.6. The van der Waals surface area contributed by atoms with Crippen LogP contribution in [0.3, 0.4) is 0 Å². The largest absolute Gasteiger partial charge is 0.515 e. The maximum Gasteiger partial charge on any atom is 0.338 e. The van der Waals surface area contributed by atoms with E-state index in [2.05, 4.69) is 0 Å². The summed E-state index contributed by atoms with van der Waals surface area (Å²) in [5, 5.41) is 9.27. The molecule has 0 bridgehead atoms. The first-order chi connectivity index (χ1) is 8.54. The fourth-order valence-electron chi connectivity index (χ4n) is 2.72. The van der Waals surface area contributed by atoms with Crippen LogP contribution in [0.15, 0.2) is 36.1 Å². The van der Waals surface area contributed by atoms with Crippen molar-refractivity contribution < 1.29 is 19.4 Å². The zero-order valence-electron chi connectivity index (χ0n) is 10.2. The predicted octanol–water partition coefficient (Wildman–Crippen LogP) is 2.31. The van der Waals surface area contributed by atoms with Crippen molar-refractivity contribution in [1.29, 1.82) is 0 Å². The fraction of sp³-hybridized carbons (Fsp3) is 0.357. The Labute approximate surface area is 105 Å². The van der Waals surface area contributed by atoms with Gasteiger partial charge >= 0.3 is 5.97 Å². The molecule has 1 fully saturated rings. The van der Waals surface area contributed by atoms with Gasteiger partial charge in [0, 0.05) is 5.56 Å². The molecule has 0 radical (unpaired) electrons. The molecule has 0 amide bonds. The third kappa shape index (κ3) is 1.35. The molecule has 4 heteroatoms. The molecule has 0 aromatic heterocycles. The van der Waals surface area contributed by atoms with E-state index in [4.69, 9.17) is 9.47 Å². The number of hydrogen-bond acceptors (Lipinski definition) is 4. The molecule has 3 rings (SSSR count). The summed E-state index contributed by atoms with van der Waals surface area (Å²) in [7, 11) is 0. The lowest BCUT2D eigenvalue weighted by Crippen LogP contribution is -2.47. The lowest BCUT2D eigenvalue weighted by atomic mass is 9.79. The molecular formula is C14H14O4. The molecule has 94 valence electrons. The summed E-state index contributed by atoms with van der Waals surface area (Å²) in [5.41, 5.74) is 0.566. The molecule has 2 atom stereocenters. The smallest absolute Gasteiger partial charge is 0.338 e. The summed E-state index contributed by atoms with van der Waals surface area (Å²) in [6.45, 7) is 3.77. The van der Waals surface area contributed by atoms with E-state index in [0.29, 0.717) is 5.57 Å². The molecule has 1 aromatic rings. The van der Waals surface area contributed by atoms with Crippen LogP contribution < -0.4 is 4.74 Å². The highest BCUT2D eigenvalue weighted by molar-refractivity contribution is 5.93. The maximum absolute atomic E-state index is 11.8. The van der Waals surface area contributed by atoms with Crippen LogP contribution in [-0.4, -0.2) is 22.8 Å². The van der Waals surface area contributed by atoms with Crippen LogP contribution >= 0.6 is 0 Å². The Morgan fingerprint density at radius 2 is 2.06 bits per heavy atom. The van der Waals surface area contributed by atoms with Gasteiger partial charge in [-0.2, -0.15) is 0 Å². The van der Waals surface area contributed by atoms with Crippen LogP contribution in [0.4, 0.5) is 0 Å². The third-order valence-electron chi connectivity index (χ3n) is 3.56. The molecule has 2 aliphatic rings. The second-order valence-electron chi connectivity index (χ2n) is 5.13. The van der Waals surface area contributed by atoms with Crippen LogP contribution in [-0.2, 0) is 9.53 Å². The standard InChI is InChI=1S/C14H14O4/c1-14(2)12-11(9(7-15)13(16)17-12)8-5-3-4-6-10(8)18-14/h3-7,11-12,15H,1-2H3. The van der Waals surface area contributed by atoms with Gasteiger partial charge in [-0.05, 0) is 19.9 Å². The molecule has 0 saturated carbocycles.